The van der Waals surface area contributed by atoms with Crippen LogP contribution < -0.4 is 10.9 Å². The van der Waals surface area contributed by atoms with Crippen molar-refractivity contribution in [3.63, 3.8) is 0 Å². The van der Waals surface area contributed by atoms with Crippen molar-refractivity contribution in [2.24, 2.45) is 0 Å². The molecule has 0 radical (unpaired) electrons. The SMILES string of the molecule is COC(=O)Cn1ncc(NCCOCCO)c(Cl)c1=O. The Kier molecular flexibility index (Phi) is 6.99. The van der Waals surface area contributed by atoms with Gasteiger partial charge in [0.2, 0.25) is 0 Å². The van der Waals surface area contributed by atoms with E-state index in [1.807, 2.05) is 0 Å². The Balaban J connectivity index is 2.64. The average Bonchev–Trinajstić information content (AvgIpc) is 2.45. The van der Waals surface area contributed by atoms with E-state index in [1.165, 1.54) is 13.3 Å². The number of aliphatic hydroxyl groups excluding tert-OH is 1. The van der Waals surface area contributed by atoms with Crippen LogP contribution in [0, 0.1) is 0 Å². The van der Waals surface area contributed by atoms with Crippen LogP contribution in [0.2, 0.25) is 5.02 Å². The molecule has 8 nitrogen and oxygen atoms in total. The van der Waals surface area contributed by atoms with Crippen LogP contribution in [0.25, 0.3) is 0 Å². The van der Waals surface area contributed by atoms with Crippen molar-refractivity contribution in [2.75, 3.05) is 38.8 Å². The summed E-state index contributed by atoms with van der Waals surface area (Å²) in [7, 11) is 1.22. The van der Waals surface area contributed by atoms with Crippen LogP contribution >= 0.6 is 11.6 Å². The molecule has 1 rings (SSSR count). The van der Waals surface area contributed by atoms with Crippen LogP contribution in [-0.2, 0) is 20.8 Å². The summed E-state index contributed by atoms with van der Waals surface area (Å²) >= 11 is 5.90. The first-order valence-corrected chi connectivity index (χ1v) is 6.22. The highest BCUT2D eigenvalue weighted by atomic mass is 35.5. The number of methoxy groups -OCH3 is 1. The zero-order valence-corrected chi connectivity index (χ0v) is 11.7. The van der Waals surface area contributed by atoms with Gasteiger partial charge in [-0.3, -0.25) is 9.59 Å². The van der Waals surface area contributed by atoms with Gasteiger partial charge in [-0.15, -0.1) is 0 Å². The van der Waals surface area contributed by atoms with Crippen molar-refractivity contribution in [1.29, 1.82) is 0 Å². The average molecular weight is 306 g/mol. The third-order valence-corrected chi connectivity index (χ3v) is 2.65. The van der Waals surface area contributed by atoms with Crippen LogP contribution in [0.3, 0.4) is 0 Å². The van der Waals surface area contributed by atoms with Gasteiger partial charge in [0, 0.05) is 6.54 Å². The number of nitrogens with zero attached hydrogens (tertiary/aromatic N) is 2. The Hall–Kier alpha value is -1.64. The maximum atomic E-state index is 11.8. The Morgan fingerprint density at radius 1 is 1.55 bits per heavy atom. The summed E-state index contributed by atoms with van der Waals surface area (Å²) in [6.07, 6.45) is 1.35. The molecule has 0 saturated carbocycles. The quantitative estimate of drug-likeness (QED) is 0.492. The number of carbonyl (C=O) groups is 1. The molecule has 0 fully saturated rings. The smallest absolute Gasteiger partial charge is 0.327 e. The Bertz CT molecular complexity index is 505. The summed E-state index contributed by atoms with van der Waals surface area (Å²) in [6, 6.07) is 0. The number of aliphatic hydroxyl groups is 1. The van der Waals surface area contributed by atoms with Gasteiger partial charge in [-0.05, 0) is 0 Å². The molecule has 0 aromatic carbocycles. The lowest BCUT2D eigenvalue weighted by Gasteiger charge is -2.09. The first-order valence-electron chi connectivity index (χ1n) is 5.85. The lowest BCUT2D eigenvalue weighted by molar-refractivity contribution is -0.141. The molecule has 1 heterocycles. The van der Waals surface area contributed by atoms with E-state index < -0.39 is 11.5 Å². The fraction of sp³-hybridized carbons (Fsp3) is 0.545. The second kappa shape index (κ2) is 8.51. The highest BCUT2D eigenvalue weighted by Crippen LogP contribution is 2.14. The number of ether oxygens (including phenoxy) is 2. The van der Waals surface area contributed by atoms with Gasteiger partial charge in [-0.2, -0.15) is 5.10 Å². The van der Waals surface area contributed by atoms with Gasteiger partial charge in [-0.25, -0.2) is 4.68 Å². The van der Waals surface area contributed by atoms with E-state index in [0.717, 1.165) is 4.68 Å². The standard InChI is InChI=1S/C11H16ClN3O5/c1-19-9(17)7-15-11(18)10(12)8(6-14-15)13-2-4-20-5-3-16/h6,13,16H,2-5,7H2,1H3. The molecule has 0 atom stereocenters. The number of nitrogens with one attached hydrogen (secondary N) is 1. The lowest BCUT2D eigenvalue weighted by atomic mass is 10.4. The summed E-state index contributed by atoms with van der Waals surface area (Å²) in [4.78, 5) is 22.9. The van der Waals surface area contributed by atoms with Crippen LogP contribution in [0.1, 0.15) is 0 Å². The van der Waals surface area contributed by atoms with Crippen LogP contribution in [-0.4, -0.2) is 54.3 Å². The van der Waals surface area contributed by atoms with E-state index in [2.05, 4.69) is 15.2 Å². The summed E-state index contributed by atoms with van der Waals surface area (Å²) < 4.78 is 10.4. The summed E-state index contributed by atoms with van der Waals surface area (Å²) in [6.45, 7) is 0.652. The van der Waals surface area contributed by atoms with Crippen LogP contribution in [0.15, 0.2) is 11.0 Å². The van der Waals surface area contributed by atoms with Crippen molar-refractivity contribution < 1.29 is 19.4 Å². The van der Waals surface area contributed by atoms with Crippen molar-refractivity contribution in [3.05, 3.63) is 21.6 Å². The number of hydrogen-bond donors (Lipinski definition) is 2. The number of anilines is 1. The van der Waals surface area contributed by atoms with Gasteiger partial charge in [0.05, 0.1) is 38.8 Å². The zero-order valence-electron chi connectivity index (χ0n) is 11.0. The fourth-order valence-corrected chi connectivity index (χ4v) is 1.53. The number of carbonyl (C=O) groups excluding carboxylic acids is 1. The summed E-state index contributed by atoms with van der Waals surface area (Å²) in [5, 5.41) is 15.2. The molecular formula is C11H16ClN3O5. The number of halogens is 1. The Morgan fingerprint density at radius 3 is 2.95 bits per heavy atom. The van der Waals surface area contributed by atoms with Crippen LogP contribution in [0.5, 0.6) is 0 Å². The van der Waals surface area contributed by atoms with Crippen molar-refractivity contribution in [3.8, 4) is 0 Å². The van der Waals surface area contributed by atoms with E-state index in [4.69, 9.17) is 21.4 Å². The molecule has 20 heavy (non-hydrogen) atoms. The lowest BCUT2D eigenvalue weighted by Crippen LogP contribution is -2.28. The zero-order chi connectivity index (χ0) is 15.0. The molecule has 0 aliphatic heterocycles. The molecule has 9 heteroatoms. The molecule has 0 unspecified atom stereocenters. The molecule has 1 aromatic rings. The normalized spacial score (nSPS) is 10.3. The van der Waals surface area contributed by atoms with E-state index in [0.29, 0.717) is 18.8 Å². The molecule has 2 N–H and O–H groups in total. The second-order valence-corrected chi connectivity index (χ2v) is 4.05. The van der Waals surface area contributed by atoms with Crippen LogP contribution in [0.4, 0.5) is 5.69 Å². The predicted molar refractivity (Wildman–Crippen MR) is 71.9 cm³/mol. The van der Waals surface area contributed by atoms with E-state index in [-0.39, 0.29) is 24.8 Å². The maximum absolute atomic E-state index is 11.8. The fourth-order valence-electron chi connectivity index (χ4n) is 1.31. The highest BCUT2D eigenvalue weighted by Gasteiger charge is 2.11. The molecule has 0 bridgehead atoms. The monoisotopic (exact) mass is 305 g/mol. The van der Waals surface area contributed by atoms with Crippen molar-refractivity contribution in [1.82, 2.24) is 9.78 Å². The van der Waals surface area contributed by atoms with E-state index in [9.17, 15) is 9.59 Å². The second-order valence-electron chi connectivity index (χ2n) is 3.67. The number of rotatable bonds is 8. The minimum atomic E-state index is -0.589. The molecule has 0 aliphatic rings. The Morgan fingerprint density at radius 2 is 2.30 bits per heavy atom. The molecule has 0 spiro atoms. The topological polar surface area (TPSA) is 103 Å². The molecule has 0 amide bonds. The third-order valence-electron chi connectivity index (χ3n) is 2.29. The van der Waals surface area contributed by atoms with Gasteiger partial charge >= 0.3 is 5.97 Å². The van der Waals surface area contributed by atoms with Crippen molar-refractivity contribution >= 4 is 23.3 Å². The third kappa shape index (κ3) is 4.80. The minimum absolute atomic E-state index is 0.0497. The molecule has 1 aromatic heterocycles. The largest absolute Gasteiger partial charge is 0.468 e. The molecular weight excluding hydrogens is 290 g/mol. The Labute approximate surface area is 120 Å². The van der Waals surface area contributed by atoms with Gasteiger partial charge in [0.15, 0.2) is 0 Å². The number of aromatic nitrogens is 2. The first kappa shape index (κ1) is 16.4. The minimum Gasteiger partial charge on any atom is -0.468 e. The number of esters is 1. The summed E-state index contributed by atoms with van der Waals surface area (Å²) in [5.74, 6) is -0.589. The van der Waals surface area contributed by atoms with E-state index in [1.54, 1.807) is 0 Å². The highest BCUT2D eigenvalue weighted by molar-refractivity contribution is 6.32. The maximum Gasteiger partial charge on any atom is 0.327 e. The van der Waals surface area contributed by atoms with Crippen molar-refractivity contribution in [2.45, 2.75) is 6.54 Å². The molecule has 0 aliphatic carbocycles. The van der Waals surface area contributed by atoms with Gasteiger partial charge in [0.1, 0.15) is 11.6 Å². The molecule has 112 valence electrons. The van der Waals surface area contributed by atoms with E-state index >= 15 is 0 Å². The van der Waals surface area contributed by atoms with Gasteiger partial charge in [-0.1, -0.05) is 11.6 Å². The molecule has 0 saturated heterocycles. The number of hydrogen-bond acceptors (Lipinski definition) is 7. The van der Waals surface area contributed by atoms with Gasteiger partial charge < -0.3 is 19.9 Å². The summed E-state index contributed by atoms with van der Waals surface area (Å²) in [5.41, 5.74) is -0.233. The first-order chi connectivity index (χ1) is 9.60. The predicted octanol–water partition coefficient (Wildman–Crippen LogP) is -0.509. The van der Waals surface area contributed by atoms with Gasteiger partial charge in [0.25, 0.3) is 5.56 Å².